The Morgan fingerprint density at radius 1 is 1.71 bits per heavy atom. The molecular weight excluding hydrogens is 92.8 g/mol. The second-order valence-electron chi connectivity index (χ2n) is 1.40. The average molecular weight is 98.9 g/mol. The molecule has 1 N–H and O–H groups in total. The Hall–Kier alpha value is -0.0551. The minimum atomic E-state index is 0.171. The lowest BCUT2D eigenvalue weighted by atomic mass is 10.3. The van der Waals surface area contributed by atoms with Crippen molar-refractivity contribution in [3.63, 3.8) is 0 Å². The highest BCUT2D eigenvalue weighted by molar-refractivity contribution is 6.03. The van der Waals surface area contributed by atoms with E-state index in [1.165, 1.54) is 0 Å². The SMILES string of the molecule is [B]NOC1COC1. The van der Waals surface area contributed by atoms with E-state index in [0.29, 0.717) is 13.2 Å². The van der Waals surface area contributed by atoms with Gasteiger partial charge in [-0.25, -0.2) is 0 Å². The van der Waals surface area contributed by atoms with Gasteiger partial charge in [0.2, 0.25) is 7.98 Å². The lowest BCUT2D eigenvalue weighted by molar-refractivity contribution is -0.145. The van der Waals surface area contributed by atoms with Gasteiger partial charge in [0.1, 0.15) is 6.10 Å². The van der Waals surface area contributed by atoms with Crippen LogP contribution in [0, 0.1) is 0 Å². The van der Waals surface area contributed by atoms with Gasteiger partial charge in [-0.2, -0.15) is 0 Å². The molecule has 0 aromatic heterocycles. The molecule has 1 aliphatic rings. The zero-order chi connectivity index (χ0) is 5.11. The van der Waals surface area contributed by atoms with E-state index >= 15 is 0 Å². The monoisotopic (exact) mass is 99.0 g/mol. The zero-order valence-electron chi connectivity index (χ0n) is 3.89. The average Bonchev–Trinajstić information content (AvgIpc) is 1.55. The molecule has 0 bridgehead atoms. The first-order valence-corrected chi connectivity index (χ1v) is 2.12. The van der Waals surface area contributed by atoms with Crippen molar-refractivity contribution in [1.29, 1.82) is 0 Å². The molecule has 1 saturated heterocycles. The number of hydrogen-bond acceptors (Lipinski definition) is 3. The van der Waals surface area contributed by atoms with Crippen LogP contribution in [0.4, 0.5) is 0 Å². The highest BCUT2D eigenvalue weighted by Gasteiger charge is 2.17. The first-order valence-electron chi connectivity index (χ1n) is 2.12. The third-order valence-corrected chi connectivity index (χ3v) is 0.842. The van der Waals surface area contributed by atoms with E-state index in [1.54, 1.807) is 0 Å². The summed E-state index contributed by atoms with van der Waals surface area (Å²) in [6, 6.07) is 0. The summed E-state index contributed by atoms with van der Waals surface area (Å²) >= 11 is 0. The van der Waals surface area contributed by atoms with Crippen LogP contribution < -0.4 is 5.39 Å². The van der Waals surface area contributed by atoms with Gasteiger partial charge >= 0.3 is 0 Å². The highest BCUT2D eigenvalue weighted by atomic mass is 16.7. The molecule has 1 aliphatic heterocycles. The van der Waals surface area contributed by atoms with Crippen molar-refractivity contribution < 1.29 is 9.57 Å². The van der Waals surface area contributed by atoms with E-state index in [1.807, 2.05) is 0 Å². The molecule has 3 nitrogen and oxygen atoms in total. The van der Waals surface area contributed by atoms with Gasteiger partial charge in [-0.3, -0.25) is 5.39 Å². The minimum absolute atomic E-state index is 0.171. The van der Waals surface area contributed by atoms with E-state index in [4.69, 9.17) is 12.7 Å². The van der Waals surface area contributed by atoms with Crippen LogP contribution in [0.25, 0.3) is 0 Å². The number of ether oxygens (including phenoxy) is 1. The zero-order valence-corrected chi connectivity index (χ0v) is 3.89. The number of hydrogen-bond donors (Lipinski definition) is 1. The fourth-order valence-corrected chi connectivity index (χ4v) is 0.378. The predicted molar refractivity (Wildman–Crippen MR) is 24.6 cm³/mol. The third-order valence-electron chi connectivity index (χ3n) is 0.842. The van der Waals surface area contributed by atoms with E-state index in [-0.39, 0.29) is 6.10 Å². The minimum Gasteiger partial charge on any atom is -0.376 e. The Morgan fingerprint density at radius 3 is 2.57 bits per heavy atom. The summed E-state index contributed by atoms with van der Waals surface area (Å²) in [5.41, 5.74) is 0. The first kappa shape index (κ1) is 5.09. The predicted octanol–water partition coefficient (Wildman–Crippen LogP) is -1.01. The molecule has 0 unspecified atom stereocenters. The summed E-state index contributed by atoms with van der Waals surface area (Å²) in [6.07, 6.45) is 0.171. The van der Waals surface area contributed by atoms with Crippen molar-refractivity contribution in [1.82, 2.24) is 5.39 Å². The van der Waals surface area contributed by atoms with Crippen LogP contribution in [-0.4, -0.2) is 27.3 Å². The van der Waals surface area contributed by atoms with Crippen LogP contribution in [0.3, 0.4) is 0 Å². The summed E-state index contributed by atoms with van der Waals surface area (Å²) < 4.78 is 4.77. The largest absolute Gasteiger partial charge is 0.376 e. The summed E-state index contributed by atoms with van der Waals surface area (Å²) in [5.74, 6) is 0. The molecule has 0 aromatic carbocycles. The van der Waals surface area contributed by atoms with Gasteiger partial charge in [0.25, 0.3) is 0 Å². The Bertz CT molecular complexity index is 56.9. The summed E-state index contributed by atoms with van der Waals surface area (Å²) in [5, 5.41) is 2.09. The smallest absolute Gasteiger partial charge is 0.219 e. The van der Waals surface area contributed by atoms with Crippen LogP contribution in [0.15, 0.2) is 0 Å². The fourth-order valence-electron chi connectivity index (χ4n) is 0.378. The molecule has 1 heterocycles. The van der Waals surface area contributed by atoms with Crippen LogP contribution in [0.2, 0.25) is 0 Å². The molecular formula is C3H6BNO2. The molecule has 2 radical (unpaired) electrons. The molecule has 1 rings (SSSR count). The number of nitrogens with one attached hydrogen (secondary N) is 1. The van der Waals surface area contributed by atoms with Gasteiger partial charge in [-0.05, 0) is 0 Å². The maximum absolute atomic E-state index is 4.81. The van der Waals surface area contributed by atoms with Crippen molar-refractivity contribution in [2.45, 2.75) is 6.10 Å². The topological polar surface area (TPSA) is 30.5 Å². The maximum atomic E-state index is 4.81. The molecule has 0 amide bonds. The molecule has 7 heavy (non-hydrogen) atoms. The van der Waals surface area contributed by atoms with Crippen LogP contribution >= 0.6 is 0 Å². The molecule has 4 heteroatoms. The lowest BCUT2D eigenvalue weighted by Gasteiger charge is -2.24. The molecule has 0 saturated carbocycles. The standard InChI is InChI=1S/C3H6BNO2/c4-5-7-3-1-6-2-3/h3,5H,1-2H2. The Morgan fingerprint density at radius 2 is 2.43 bits per heavy atom. The molecule has 38 valence electrons. The molecule has 0 aromatic rings. The Balaban J connectivity index is 1.93. The van der Waals surface area contributed by atoms with Gasteiger partial charge < -0.3 is 9.57 Å². The molecule has 1 fully saturated rings. The Labute approximate surface area is 43.4 Å². The maximum Gasteiger partial charge on any atom is 0.219 e. The van der Waals surface area contributed by atoms with Gasteiger partial charge in [0.15, 0.2) is 0 Å². The van der Waals surface area contributed by atoms with Crippen LogP contribution in [0.5, 0.6) is 0 Å². The van der Waals surface area contributed by atoms with Gasteiger partial charge in [0.05, 0.1) is 13.2 Å². The fraction of sp³-hybridized carbons (Fsp3) is 1.00. The van der Waals surface area contributed by atoms with E-state index in [9.17, 15) is 0 Å². The van der Waals surface area contributed by atoms with E-state index in [2.05, 4.69) is 10.2 Å². The van der Waals surface area contributed by atoms with Crippen molar-refractivity contribution >= 4 is 7.98 Å². The normalized spacial score (nSPS) is 21.7. The van der Waals surface area contributed by atoms with Gasteiger partial charge in [0, 0.05) is 0 Å². The van der Waals surface area contributed by atoms with Gasteiger partial charge in [-0.15, -0.1) is 0 Å². The van der Waals surface area contributed by atoms with E-state index < -0.39 is 0 Å². The van der Waals surface area contributed by atoms with Gasteiger partial charge in [-0.1, -0.05) is 0 Å². The Kier molecular flexibility index (Phi) is 1.67. The molecule has 0 atom stereocenters. The summed E-state index contributed by atoms with van der Waals surface area (Å²) in [6.45, 7) is 1.31. The number of rotatable bonds is 2. The van der Waals surface area contributed by atoms with Crippen LogP contribution in [-0.2, 0) is 9.57 Å². The lowest BCUT2D eigenvalue weighted by Crippen LogP contribution is -2.39. The van der Waals surface area contributed by atoms with E-state index in [0.717, 1.165) is 0 Å². The second kappa shape index (κ2) is 2.30. The third kappa shape index (κ3) is 1.16. The summed E-state index contributed by atoms with van der Waals surface area (Å²) in [7, 11) is 4.81. The second-order valence-corrected chi connectivity index (χ2v) is 1.40. The first-order chi connectivity index (χ1) is 3.43. The van der Waals surface area contributed by atoms with Crippen molar-refractivity contribution in [2.24, 2.45) is 0 Å². The highest BCUT2D eigenvalue weighted by Crippen LogP contribution is 2.01. The molecule has 0 aliphatic carbocycles. The van der Waals surface area contributed by atoms with Crippen molar-refractivity contribution in [3.05, 3.63) is 0 Å². The van der Waals surface area contributed by atoms with Crippen molar-refractivity contribution in [3.8, 4) is 0 Å². The summed E-state index contributed by atoms with van der Waals surface area (Å²) in [4.78, 5) is 4.68. The molecule has 0 spiro atoms. The van der Waals surface area contributed by atoms with Crippen LogP contribution in [0.1, 0.15) is 0 Å². The van der Waals surface area contributed by atoms with Crippen molar-refractivity contribution in [2.75, 3.05) is 13.2 Å². The quantitative estimate of drug-likeness (QED) is 0.355.